The highest BCUT2D eigenvalue weighted by molar-refractivity contribution is 5.25. The molecule has 1 aromatic heterocycles. The van der Waals surface area contributed by atoms with Crippen LogP contribution in [0, 0.1) is 0 Å². The van der Waals surface area contributed by atoms with Crippen LogP contribution in [0.1, 0.15) is 25.1 Å². The van der Waals surface area contributed by atoms with Gasteiger partial charge in [0.1, 0.15) is 6.61 Å². The molecule has 114 valence electrons. The third-order valence-electron chi connectivity index (χ3n) is 2.77. The first-order chi connectivity index (χ1) is 9.80. The summed E-state index contributed by atoms with van der Waals surface area (Å²) in [6.07, 6.45) is 0.903. The molecule has 0 fully saturated rings. The molecule has 1 rings (SSSR count). The van der Waals surface area contributed by atoms with Gasteiger partial charge in [-0.3, -0.25) is 0 Å². The van der Waals surface area contributed by atoms with E-state index in [4.69, 9.17) is 14.2 Å². The summed E-state index contributed by atoms with van der Waals surface area (Å²) in [7, 11) is 1.66. The molecular formula is C15H26N2O3. The molecule has 0 atom stereocenters. The Morgan fingerprint density at radius 3 is 2.60 bits per heavy atom. The van der Waals surface area contributed by atoms with Crippen LogP contribution in [-0.4, -0.2) is 45.1 Å². The Labute approximate surface area is 121 Å². The summed E-state index contributed by atoms with van der Waals surface area (Å²) in [4.78, 5) is 4.46. The lowest BCUT2D eigenvalue weighted by Gasteiger charge is -2.10. The number of aryl methyl sites for hydroxylation is 1. The van der Waals surface area contributed by atoms with Crippen LogP contribution < -0.4 is 10.1 Å². The van der Waals surface area contributed by atoms with E-state index >= 15 is 0 Å². The number of nitrogens with zero attached hydrogens (tertiary/aromatic N) is 1. The summed E-state index contributed by atoms with van der Waals surface area (Å²) in [5.41, 5.74) is 2.25. The van der Waals surface area contributed by atoms with Gasteiger partial charge >= 0.3 is 0 Å². The summed E-state index contributed by atoms with van der Waals surface area (Å²) in [5, 5.41) is 3.31. The molecule has 5 nitrogen and oxygen atoms in total. The van der Waals surface area contributed by atoms with Crippen LogP contribution in [-0.2, 0) is 22.4 Å². The standard InChI is InChI=1S/C15H26N2O3/c1-4-14-10-13(12-16-5-2)11-15(17-14)20-9-8-19-7-6-18-3/h10-11,16H,4-9,12H2,1-3H3. The molecular weight excluding hydrogens is 256 g/mol. The largest absolute Gasteiger partial charge is 0.475 e. The van der Waals surface area contributed by atoms with Crippen molar-refractivity contribution in [2.75, 3.05) is 40.1 Å². The molecule has 0 spiro atoms. The summed E-state index contributed by atoms with van der Waals surface area (Å²) in [6, 6.07) is 4.10. The van der Waals surface area contributed by atoms with Crippen LogP contribution in [0.2, 0.25) is 0 Å². The molecule has 0 unspecified atom stereocenters. The van der Waals surface area contributed by atoms with E-state index < -0.39 is 0 Å². The number of hydrogen-bond acceptors (Lipinski definition) is 5. The zero-order valence-electron chi connectivity index (χ0n) is 12.8. The number of pyridine rings is 1. The van der Waals surface area contributed by atoms with Crippen molar-refractivity contribution in [1.82, 2.24) is 10.3 Å². The normalized spacial score (nSPS) is 10.8. The van der Waals surface area contributed by atoms with Crippen molar-refractivity contribution in [2.24, 2.45) is 0 Å². The van der Waals surface area contributed by atoms with Crippen LogP contribution >= 0.6 is 0 Å². The van der Waals surface area contributed by atoms with Gasteiger partial charge in [0.25, 0.3) is 0 Å². The lowest BCUT2D eigenvalue weighted by Crippen LogP contribution is -2.13. The van der Waals surface area contributed by atoms with Gasteiger partial charge in [0, 0.05) is 25.4 Å². The van der Waals surface area contributed by atoms with Gasteiger partial charge in [-0.15, -0.1) is 0 Å². The van der Waals surface area contributed by atoms with Gasteiger partial charge in [-0.25, -0.2) is 4.98 Å². The van der Waals surface area contributed by atoms with Gasteiger partial charge in [0.15, 0.2) is 0 Å². The van der Waals surface area contributed by atoms with E-state index in [9.17, 15) is 0 Å². The Hall–Kier alpha value is -1.17. The molecule has 1 heterocycles. The molecule has 5 heteroatoms. The van der Waals surface area contributed by atoms with Crippen molar-refractivity contribution >= 4 is 0 Å². The fourth-order valence-corrected chi connectivity index (χ4v) is 1.70. The predicted octanol–water partition coefficient (Wildman–Crippen LogP) is 1.80. The molecule has 0 aliphatic rings. The number of methoxy groups -OCH3 is 1. The minimum absolute atomic E-state index is 0.504. The lowest BCUT2D eigenvalue weighted by atomic mass is 10.2. The molecule has 0 aromatic carbocycles. The molecule has 20 heavy (non-hydrogen) atoms. The third kappa shape index (κ3) is 6.84. The van der Waals surface area contributed by atoms with Crippen molar-refractivity contribution in [3.8, 4) is 5.88 Å². The van der Waals surface area contributed by atoms with Crippen LogP contribution in [0.5, 0.6) is 5.88 Å². The Morgan fingerprint density at radius 2 is 1.90 bits per heavy atom. The molecule has 0 aliphatic heterocycles. The first-order valence-electron chi connectivity index (χ1n) is 7.20. The maximum absolute atomic E-state index is 5.64. The van der Waals surface area contributed by atoms with Crippen molar-refractivity contribution in [2.45, 2.75) is 26.8 Å². The number of nitrogens with one attached hydrogen (secondary N) is 1. The quantitative estimate of drug-likeness (QED) is 0.627. The van der Waals surface area contributed by atoms with E-state index in [0.717, 1.165) is 25.2 Å². The van der Waals surface area contributed by atoms with Gasteiger partial charge in [-0.05, 0) is 24.6 Å². The highest BCUT2D eigenvalue weighted by Crippen LogP contribution is 2.13. The van der Waals surface area contributed by atoms with E-state index in [0.29, 0.717) is 32.3 Å². The second-order valence-electron chi connectivity index (χ2n) is 4.39. The molecule has 0 radical (unpaired) electrons. The predicted molar refractivity (Wildman–Crippen MR) is 79.2 cm³/mol. The number of rotatable bonds is 11. The van der Waals surface area contributed by atoms with Gasteiger partial charge < -0.3 is 19.5 Å². The maximum atomic E-state index is 5.64. The topological polar surface area (TPSA) is 52.6 Å². The van der Waals surface area contributed by atoms with Crippen molar-refractivity contribution < 1.29 is 14.2 Å². The smallest absolute Gasteiger partial charge is 0.213 e. The fourth-order valence-electron chi connectivity index (χ4n) is 1.70. The Kier molecular flexibility index (Phi) is 8.95. The molecule has 0 bridgehead atoms. The van der Waals surface area contributed by atoms with Gasteiger partial charge in [-0.2, -0.15) is 0 Å². The number of ether oxygens (including phenoxy) is 3. The number of aromatic nitrogens is 1. The van der Waals surface area contributed by atoms with Crippen molar-refractivity contribution in [1.29, 1.82) is 0 Å². The lowest BCUT2D eigenvalue weighted by molar-refractivity contribution is 0.0536. The highest BCUT2D eigenvalue weighted by Gasteiger charge is 2.03. The average molecular weight is 282 g/mol. The zero-order chi connectivity index (χ0) is 14.6. The van der Waals surface area contributed by atoms with Crippen molar-refractivity contribution in [3.05, 3.63) is 23.4 Å². The molecule has 0 saturated heterocycles. The summed E-state index contributed by atoms with van der Waals surface area (Å²) < 4.78 is 15.9. The Morgan fingerprint density at radius 1 is 1.10 bits per heavy atom. The van der Waals surface area contributed by atoms with Crippen LogP contribution in [0.25, 0.3) is 0 Å². The minimum atomic E-state index is 0.504. The number of hydrogen-bond donors (Lipinski definition) is 1. The average Bonchev–Trinajstić information content (AvgIpc) is 2.48. The van der Waals surface area contributed by atoms with Gasteiger partial charge in [0.2, 0.25) is 5.88 Å². The minimum Gasteiger partial charge on any atom is -0.475 e. The van der Waals surface area contributed by atoms with Gasteiger partial charge in [0.05, 0.1) is 19.8 Å². The van der Waals surface area contributed by atoms with E-state index in [1.54, 1.807) is 7.11 Å². The molecule has 0 amide bonds. The highest BCUT2D eigenvalue weighted by atomic mass is 16.5. The van der Waals surface area contributed by atoms with E-state index in [-0.39, 0.29) is 0 Å². The molecule has 0 aliphatic carbocycles. The Bertz CT molecular complexity index is 372. The molecule has 1 N–H and O–H groups in total. The van der Waals surface area contributed by atoms with E-state index in [2.05, 4.69) is 30.2 Å². The first-order valence-corrected chi connectivity index (χ1v) is 7.20. The van der Waals surface area contributed by atoms with Crippen LogP contribution in [0.4, 0.5) is 0 Å². The summed E-state index contributed by atoms with van der Waals surface area (Å²) >= 11 is 0. The molecule has 0 saturated carbocycles. The summed E-state index contributed by atoms with van der Waals surface area (Å²) in [5.74, 6) is 0.674. The third-order valence-corrected chi connectivity index (χ3v) is 2.77. The van der Waals surface area contributed by atoms with Crippen LogP contribution in [0.15, 0.2) is 12.1 Å². The maximum Gasteiger partial charge on any atom is 0.213 e. The second-order valence-corrected chi connectivity index (χ2v) is 4.39. The Balaban J connectivity index is 2.42. The fraction of sp³-hybridized carbons (Fsp3) is 0.667. The summed E-state index contributed by atoms with van der Waals surface area (Å²) in [6.45, 7) is 8.23. The monoisotopic (exact) mass is 282 g/mol. The zero-order valence-corrected chi connectivity index (χ0v) is 12.8. The van der Waals surface area contributed by atoms with Crippen LogP contribution in [0.3, 0.4) is 0 Å². The van der Waals surface area contributed by atoms with Crippen molar-refractivity contribution in [3.63, 3.8) is 0 Å². The van der Waals surface area contributed by atoms with E-state index in [1.807, 2.05) is 6.07 Å². The first kappa shape index (κ1) is 16.9. The molecule has 1 aromatic rings. The van der Waals surface area contributed by atoms with Gasteiger partial charge in [-0.1, -0.05) is 13.8 Å². The second kappa shape index (κ2) is 10.6. The van der Waals surface area contributed by atoms with E-state index in [1.165, 1.54) is 5.56 Å². The SMILES string of the molecule is CCNCc1cc(CC)nc(OCCOCCOC)c1.